The van der Waals surface area contributed by atoms with Crippen molar-refractivity contribution in [3.63, 3.8) is 0 Å². The van der Waals surface area contributed by atoms with Crippen LogP contribution in [0.5, 0.6) is 0 Å². The summed E-state index contributed by atoms with van der Waals surface area (Å²) >= 11 is 2.97. The van der Waals surface area contributed by atoms with Crippen molar-refractivity contribution in [3.8, 4) is 0 Å². The van der Waals surface area contributed by atoms with E-state index < -0.39 is 30.4 Å². The lowest BCUT2D eigenvalue weighted by Gasteiger charge is -2.36. The maximum atomic E-state index is 12.9. The summed E-state index contributed by atoms with van der Waals surface area (Å²) in [4.78, 5) is 1.58. The molecule has 2 nitrogen and oxygen atoms in total. The molecular weight excluding hydrogens is 461 g/mol. The molecule has 1 aliphatic heterocycles. The summed E-state index contributed by atoms with van der Waals surface area (Å²) in [5.41, 5.74) is -0.935. The number of hydrogen-bond acceptors (Lipinski definition) is 2. The van der Waals surface area contributed by atoms with Crippen LogP contribution in [0.3, 0.4) is 0 Å². The SMILES string of the molecule is Cl.Cl.FC(F)(F)C[C@H](c1cc(Br)cc(C(F)(F)F)c1)N1CCNCC1. The molecule has 0 spiro atoms. The standard InChI is InChI=1S/C14H15BrF6N2.2ClH/c15-11-6-9(5-10(7-11)14(19,20)21)12(8-13(16,17)18)23-3-1-22-2-4-23;;/h5-7,12,22H,1-4,8H2;2*1H/t12-;;/m1../s1. The zero-order valence-corrected chi connectivity index (χ0v) is 16.0. The molecule has 0 unspecified atom stereocenters. The van der Waals surface area contributed by atoms with Crippen LogP contribution in [0.2, 0.25) is 0 Å². The van der Waals surface area contributed by atoms with Crippen LogP contribution in [0.1, 0.15) is 23.6 Å². The summed E-state index contributed by atoms with van der Waals surface area (Å²) in [5.74, 6) is 0. The predicted molar refractivity (Wildman–Crippen MR) is 91.5 cm³/mol. The summed E-state index contributed by atoms with van der Waals surface area (Å²) in [6, 6.07) is 1.87. The van der Waals surface area contributed by atoms with Crippen molar-refractivity contribution >= 4 is 40.7 Å². The molecule has 1 aromatic rings. The van der Waals surface area contributed by atoms with Crippen molar-refractivity contribution in [1.82, 2.24) is 10.2 Å². The number of piperazine rings is 1. The van der Waals surface area contributed by atoms with Gasteiger partial charge in [-0.2, -0.15) is 26.3 Å². The Labute approximate surface area is 162 Å². The van der Waals surface area contributed by atoms with Gasteiger partial charge in [0.1, 0.15) is 0 Å². The molecule has 1 aliphatic rings. The quantitative estimate of drug-likeness (QED) is 0.601. The Balaban J connectivity index is 0.00000288. The van der Waals surface area contributed by atoms with Gasteiger partial charge >= 0.3 is 12.4 Å². The smallest absolute Gasteiger partial charge is 0.314 e. The molecule has 25 heavy (non-hydrogen) atoms. The molecular formula is C14H17BrCl2F6N2. The third kappa shape index (κ3) is 7.50. The lowest BCUT2D eigenvalue weighted by Crippen LogP contribution is -2.46. The molecule has 1 fully saturated rings. The molecule has 146 valence electrons. The van der Waals surface area contributed by atoms with E-state index in [9.17, 15) is 26.3 Å². The fourth-order valence-corrected chi connectivity index (χ4v) is 3.15. The van der Waals surface area contributed by atoms with E-state index >= 15 is 0 Å². The summed E-state index contributed by atoms with van der Waals surface area (Å²) in [6.45, 7) is 1.73. The van der Waals surface area contributed by atoms with Crippen molar-refractivity contribution < 1.29 is 26.3 Å². The van der Waals surface area contributed by atoms with E-state index in [1.54, 1.807) is 4.90 Å². The van der Waals surface area contributed by atoms with Gasteiger partial charge in [0.25, 0.3) is 0 Å². The summed E-state index contributed by atoms with van der Waals surface area (Å²) in [5, 5.41) is 3.02. The second kappa shape index (κ2) is 9.64. The van der Waals surface area contributed by atoms with Crippen LogP contribution < -0.4 is 5.32 Å². The van der Waals surface area contributed by atoms with Gasteiger partial charge < -0.3 is 5.32 Å². The van der Waals surface area contributed by atoms with Crippen LogP contribution in [0, 0.1) is 0 Å². The van der Waals surface area contributed by atoms with E-state index in [0.717, 1.165) is 12.1 Å². The normalized spacial score (nSPS) is 17.4. The maximum absolute atomic E-state index is 12.9. The largest absolute Gasteiger partial charge is 0.416 e. The zero-order chi connectivity index (χ0) is 17.3. The van der Waals surface area contributed by atoms with Gasteiger partial charge in [0.05, 0.1) is 12.0 Å². The molecule has 1 atom stereocenters. The van der Waals surface area contributed by atoms with Gasteiger partial charge in [-0.25, -0.2) is 0 Å². The molecule has 2 rings (SSSR count). The van der Waals surface area contributed by atoms with Gasteiger partial charge in [-0.15, -0.1) is 24.8 Å². The summed E-state index contributed by atoms with van der Waals surface area (Å²) in [7, 11) is 0. The van der Waals surface area contributed by atoms with E-state index in [-0.39, 0.29) is 34.9 Å². The number of nitrogens with one attached hydrogen (secondary N) is 1. The van der Waals surface area contributed by atoms with Gasteiger partial charge in [0.15, 0.2) is 0 Å². The van der Waals surface area contributed by atoms with E-state index in [0.29, 0.717) is 26.2 Å². The van der Waals surface area contributed by atoms with Gasteiger partial charge in [-0.1, -0.05) is 15.9 Å². The molecule has 11 heteroatoms. The summed E-state index contributed by atoms with van der Waals surface area (Å²) in [6.07, 6.45) is -10.2. The van der Waals surface area contributed by atoms with Crippen molar-refractivity contribution in [3.05, 3.63) is 33.8 Å². The first kappa shape index (κ1) is 24.8. The zero-order valence-electron chi connectivity index (χ0n) is 12.8. The number of halogens is 9. The molecule has 0 bridgehead atoms. The van der Waals surface area contributed by atoms with Gasteiger partial charge in [0, 0.05) is 36.7 Å². The molecule has 1 heterocycles. The van der Waals surface area contributed by atoms with Crippen molar-refractivity contribution in [2.75, 3.05) is 26.2 Å². The van der Waals surface area contributed by atoms with E-state index in [1.807, 2.05) is 0 Å². The van der Waals surface area contributed by atoms with Crippen LogP contribution in [0.15, 0.2) is 22.7 Å². The van der Waals surface area contributed by atoms with Crippen molar-refractivity contribution in [2.45, 2.75) is 24.8 Å². The summed E-state index contributed by atoms with van der Waals surface area (Å²) < 4.78 is 77.6. The topological polar surface area (TPSA) is 15.3 Å². The second-order valence-electron chi connectivity index (χ2n) is 5.39. The Kier molecular flexibility index (Phi) is 9.55. The van der Waals surface area contributed by atoms with Gasteiger partial charge in [-0.05, 0) is 23.8 Å². The van der Waals surface area contributed by atoms with Gasteiger partial charge in [-0.3, -0.25) is 4.90 Å². The Morgan fingerprint density at radius 1 is 1.00 bits per heavy atom. The van der Waals surface area contributed by atoms with Crippen LogP contribution in [-0.4, -0.2) is 37.3 Å². The van der Waals surface area contributed by atoms with Crippen molar-refractivity contribution in [2.24, 2.45) is 0 Å². The van der Waals surface area contributed by atoms with Crippen LogP contribution in [0.4, 0.5) is 26.3 Å². The Morgan fingerprint density at radius 3 is 2.04 bits per heavy atom. The minimum atomic E-state index is -4.61. The lowest BCUT2D eigenvalue weighted by atomic mass is 9.98. The molecule has 0 aliphatic carbocycles. The highest BCUT2D eigenvalue weighted by Gasteiger charge is 2.38. The van der Waals surface area contributed by atoms with Crippen LogP contribution >= 0.6 is 40.7 Å². The number of nitrogens with zero attached hydrogens (tertiary/aromatic N) is 1. The van der Waals surface area contributed by atoms with Crippen molar-refractivity contribution in [1.29, 1.82) is 0 Å². The second-order valence-corrected chi connectivity index (χ2v) is 6.31. The number of rotatable bonds is 3. The molecule has 1 N–H and O–H groups in total. The third-order valence-electron chi connectivity index (χ3n) is 3.65. The molecule has 0 aromatic heterocycles. The monoisotopic (exact) mass is 476 g/mol. The number of benzene rings is 1. The first-order chi connectivity index (χ1) is 10.6. The third-order valence-corrected chi connectivity index (χ3v) is 4.11. The Hall–Kier alpha value is -0.220. The van der Waals surface area contributed by atoms with E-state index in [4.69, 9.17) is 0 Å². The van der Waals surface area contributed by atoms with Gasteiger partial charge in [0.2, 0.25) is 0 Å². The van der Waals surface area contributed by atoms with E-state index in [1.165, 1.54) is 6.07 Å². The highest BCUT2D eigenvalue weighted by Crippen LogP contribution is 2.38. The Bertz CT molecular complexity index is 547. The van der Waals surface area contributed by atoms with Crippen LogP contribution in [0.25, 0.3) is 0 Å². The fourth-order valence-electron chi connectivity index (χ4n) is 2.64. The minimum absolute atomic E-state index is 0. The molecule has 0 saturated carbocycles. The maximum Gasteiger partial charge on any atom is 0.416 e. The molecule has 0 radical (unpaired) electrons. The van der Waals surface area contributed by atoms with E-state index in [2.05, 4.69) is 21.2 Å². The molecule has 0 amide bonds. The molecule has 1 saturated heterocycles. The highest BCUT2D eigenvalue weighted by molar-refractivity contribution is 9.10. The lowest BCUT2D eigenvalue weighted by molar-refractivity contribution is -0.148. The Morgan fingerprint density at radius 2 is 1.56 bits per heavy atom. The number of hydrogen-bond donors (Lipinski definition) is 1. The average Bonchev–Trinajstić information content (AvgIpc) is 2.43. The number of alkyl halides is 6. The predicted octanol–water partition coefficient (Wildman–Crippen LogP) is 5.21. The first-order valence-corrected chi connectivity index (χ1v) is 7.75. The van der Waals surface area contributed by atoms with Crippen LogP contribution in [-0.2, 0) is 6.18 Å². The molecule has 1 aromatic carbocycles. The fraction of sp³-hybridized carbons (Fsp3) is 0.571. The average molecular weight is 478 g/mol. The minimum Gasteiger partial charge on any atom is -0.314 e. The first-order valence-electron chi connectivity index (χ1n) is 6.95. The highest BCUT2D eigenvalue weighted by atomic mass is 79.9.